The molecule has 0 bridgehead atoms. The van der Waals surface area contributed by atoms with Gasteiger partial charge in [-0.05, 0) is 11.8 Å². The summed E-state index contributed by atoms with van der Waals surface area (Å²) in [6.07, 6.45) is 1.04. The maximum absolute atomic E-state index is 11.1. The third-order valence-electron chi connectivity index (χ3n) is 2.50. The molecule has 0 aliphatic carbocycles. The fourth-order valence-corrected chi connectivity index (χ4v) is 1.77. The van der Waals surface area contributed by atoms with Gasteiger partial charge in [-0.3, -0.25) is 4.79 Å². The van der Waals surface area contributed by atoms with E-state index in [1.54, 1.807) is 0 Å². The predicted octanol–water partition coefficient (Wildman–Crippen LogP) is 2.11. The van der Waals surface area contributed by atoms with Crippen LogP contribution in [0.3, 0.4) is 0 Å². The van der Waals surface area contributed by atoms with Crippen molar-refractivity contribution in [3.8, 4) is 0 Å². The summed E-state index contributed by atoms with van der Waals surface area (Å²) in [4.78, 5) is 13.1. The number of nitrogens with two attached hydrogens (primary N) is 1. The highest BCUT2D eigenvalue weighted by molar-refractivity contribution is 7.71. The smallest absolute Gasteiger partial charge is 0.223 e. The Morgan fingerprint density at radius 3 is 2.33 bits per heavy atom. The molecule has 0 unspecified atom stereocenters. The van der Waals surface area contributed by atoms with Gasteiger partial charge >= 0.3 is 0 Å². The van der Waals surface area contributed by atoms with Crippen LogP contribution in [0.15, 0.2) is 4.79 Å². The number of hydrogen-bond acceptors (Lipinski definition) is 4. The lowest BCUT2D eigenvalue weighted by atomic mass is 9.92. The molecular formula is C11H18N2OS. The predicted molar refractivity (Wildman–Crippen MR) is 67.7 cm³/mol. The van der Waals surface area contributed by atoms with Crippen molar-refractivity contribution in [2.75, 3.05) is 24.2 Å². The van der Waals surface area contributed by atoms with Gasteiger partial charge in [-0.1, -0.05) is 33.0 Å². The Hall–Kier alpha value is -0.900. The first-order valence-corrected chi connectivity index (χ1v) is 5.45. The Morgan fingerprint density at radius 2 is 1.93 bits per heavy atom. The van der Waals surface area contributed by atoms with Gasteiger partial charge in [0, 0.05) is 13.6 Å². The van der Waals surface area contributed by atoms with Crippen molar-refractivity contribution in [1.82, 2.24) is 0 Å². The maximum atomic E-state index is 11.1. The number of hydrogen-bond donors (Lipinski definition) is 1. The van der Waals surface area contributed by atoms with E-state index in [2.05, 4.69) is 20.8 Å². The molecule has 0 saturated heterocycles. The fourth-order valence-electron chi connectivity index (χ4n) is 1.39. The summed E-state index contributed by atoms with van der Waals surface area (Å²) in [5.41, 5.74) is 6.76. The first-order chi connectivity index (χ1) is 6.74. The van der Waals surface area contributed by atoms with Crippen LogP contribution in [0.4, 0.5) is 11.4 Å². The largest absolute Gasteiger partial charge is 0.394 e. The van der Waals surface area contributed by atoms with E-state index in [9.17, 15) is 4.79 Å². The minimum Gasteiger partial charge on any atom is -0.394 e. The lowest BCUT2D eigenvalue weighted by Gasteiger charge is -2.26. The summed E-state index contributed by atoms with van der Waals surface area (Å²) in [6, 6.07) is 0. The minimum atomic E-state index is -0.178. The van der Waals surface area contributed by atoms with E-state index in [-0.39, 0.29) is 10.8 Å². The second-order valence-electron chi connectivity index (χ2n) is 5.15. The zero-order valence-corrected chi connectivity index (χ0v) is 10.6. The first kappa shape index (κ1) is 12.2. The molecule has 0 fully saturated rings. The quantitative estimate of drug-likeness (QED) is 0.802. The third kappa shape index (κ3) is 2.56. The van der Waals surface area contributed by atoms with Gasteiger partial charge in [-0.2, -0.15) is 0 Å². The van der Waals surface area contributed by atoms with Crippen LogP contribution in [0.2, 0.25) is 0 Å². The summed E-state index contributed by atoms with van der Waals surface area (Å²) in [5, 5.41) is 0. The van der Waals surface area contributed by atoms with Gasteiger partial charge in [0.15, 0.2) is 0 Å². The Balaban J connectivity index is 2.68. The molecule has 0 amide bonds. The normalized spacial score (nSPS) is 12.0. The number of anilines is 2. The second kappa shape index (κ2) is 3.93. The van der Waals surface area contributed by atoms with Crippen LogP contribution in [0, 0.1) is 9.93 Å². The molecule has 1 aromatic rings. The van der Waals surface area contributed by atoms with Gasteiger partial charge in [0.1, 0.15) is 10.2 Å². The molecule has 1 rings (SSSR count). The van der Waals surface area contributed by atoms with Crippen LogP contribution in [-0.4, -0.2) is 13.6 Å². The Labute approximate surface area is 95.6 Å². The van der Waals surface area contributed by atoms with E-state index in [0.717, 1.165) is 18.7 Å². The fraction of sp³-hybridized carbons (Fsp3) is 0.636. The molecule has 0 atom stereocenters. The van der Waals surface area contributed by atoms with Gasteiger partial charge in [-0.15, -0.1) is 0 Å². The SMILES string of the molecule is CN(CCC(C)(C)C)c1c(N)c(=O)c1=S. The molecule has 1 aromatic carbocycles. The summed E-state index contributed by atoms with van der Waals surface area (Å²) in [7, 11) is 1.92. The lowest BCUT2D eigenvalue weighted by molar-refractivity contribution is 0.381. The average Bonchev–Trinajstić information content (AvgIpc) is 2.13. The number of nitrogens with zero attached hydrogens (tertiary/aromatic N) is 1. The van der Waals surface area contributed by atoms with Crippen LogP contribution in [0.25, 0.3) is 0 Å². The molecule has 0 radical (unpaired) electrons. The molecule has 15 heavy (non-hydrogen) atoms. The molecule has 0 aliphatic rings. The van der Waals surface area contributed by atoms with E-state index < -0.39 is 0 Å². The summed E-state index contributed by atoms with van der Waals surface area (Å²) < 4.78 is 0.379. The summed E-state index contributed by atoms with van der Waals surface area (Å²) in [6.45, 7) is 7.42. The zero-order chi connectivity index (χ0) is 11.8. The van der Waals surface area contributed by atoms with Crippen LogP contribution >= 0.6 is 12.2 Å². The molecule has 3 nitrogen and oxygen atoms in total. The Bertz CT molecular complexity index is 424. The molecule has 4 heteroatoms. The maximum Gasteiger partial charge on any atom is 0.223 e. The van der Waals surface area contributed by atoms with Crippen molar-refractivity contribution in [1.29, 1.82) is 0 Å². The molecule has 0 heterocycles. The highest BCUT2D eigenvalue weighted by Crippen LogP contribution is 2.26. The highest BCUT2D eigenvalue weighted by atomic mass is 32.1. The molecule has 0 aromatic heterocycles. The standard InChI is InChI=1S/C11H18N2OS/c1-11(2,3)5-6-13(4)8-7(12)9(14)10(8)15/h5-6,12H2,1-4H3. The molecule has 0 aliphatic heterocycles. The van der Waals surface area contributed by atoms with E-state index in [4.69, 9.17) is 18.0 Å². The highest BCUT2D eigenvalue weighted by Gasteiger charge is 2.19. The van der Waals surface area contributed by atoms with E-state index in [1.807, 2.05) is 11.9 Å². The van der Waals surface area contributed by atoms with Gasteiger partial charge in [0.2, 0.25) is 5.43 Å². The Kier molecular flexibility index (Phi) is 3.19. The van der Waals surface area contributed by atoms with E-state index in [1.165, 1.54) is 0 Å². The molecular weight excluding hydrogens is 208 g/mol. The van der Waals surface area contributed by atoms with Crippen molar-refractivity contribution >= 4 is 23.6 Å². The molecule has 84 valence electrons. The van der Waals surface area contributed by atoms with Gasteiger partial charge < -0.3 is 10.6 Å². The van der Waals surface area contributed by atoms with Gasteiger partial charge in [0.05, 0.1) is 5.69 Å². The molecule has 0 spiro atoms. The molecule has 2 N–H and O–H groups in total. The number of rotatable bonds is 3. The van der Waals surface area contributed by atoms with E-state index >= 15 is 0 Å². The van der Waals surface area contributed by atoms with Crippen molar-refractivity contribution in [3.63, 3.8) is 0 Å². The van der Waals surface area contributed by atoms with Crippen LogP contribution in [-0.2, 0) is 0 Å². The third-order valence-corrected chi connectivity index (χ3v) is 2.88. The van der Waals surface area contributed by atoms with Crippen molar-refractivity contribution in [2.24, 2.45) is 5.41 Å². The minimum absolute atomic E-state index is 0.178. The van der Waals surface area contributed by atoms with Crippen LogP contribution in [0.1, 0.15) is 27.2 Å². The second-order valence-corrected chi connectivity index (χ2v) is 5.56. The zero-order valence-electron chi connectivity index (χ0n) is 9.76. The number of nitrogen functional groups attached to an aromatic ring is 1. The van der Waals surface area contributed by atoms with E-state index in [0.29, 0.717) is 10.2 Å². The monoisotopic (exact) mass is 226 g/mol. The first-order valence-electron chi connectivity index (χ1n) is 5.04. The topological polar surface area (TPSA) is 46.3 Å². The molecule has 0 saturated carbocycles. The van der Waals surface area contributed by atoms with Gasteiger partial charge in [0.25, 0.3) is 0 Å². The van der Waals surface area contributed by atoms with Crippen molar-refractivity contribution in [3.05, 3.63) is 14.7 Å². The Morgan fingerprint density at radius 1 is 1.40 bits per heavy atom. The van der Waals surface area contributed by atoms with Gasteiger partial charge in [-0.25, -0.2) is 0 Å². The average molecular weight is 226 g/mol. The lowest BCUT2D eigenvalue weighted by Crippen LogP contribution is -2.30. The van der Waals surface area contributed by atoms with Crippen LogP contribution < -0.4 is 16.1 Å². The summed E-state index contributed by atoms with van der Waals surface area (Å²) in [5.74, 6) is 0. The van der Waals surface area contributed by atoms with Crippen LogP contribution in [0.5, 0.6) is 0 Å². The summed E-state index contributed by atoms with van der Waals surface area (Å²) >= 11 is 4.96. The van der Waals surface area contributed by atoms with Crippen molar-refractivity contribution < 1.29 is 0 Å². The van der Waals surface area contributed by atoms with Crippen molar-refractivity contribution in [2.45, 2.75) is 27.2 Å².